The minimum atomic E-state index is 0.0421. The van der Waals surface area contributed by atoms with Crippen molar-refractivity contribution in [2.24, 2.45) is 5.73 Å². The smallest absolute Gasteiger partial charge is 0.119 e. The van der Waals surface area contributed by atoms with E-state index in [0.29, 0.717) is 0 Å². The van der Waals surface area contributed by atoms with E-state index in [2.05, 4.69) is 32.9 Å². The van der Waals surface area contributed by atoms with Gasteiger partial charge < -0.3 is 10.5 Å². The Morgan fingerprint density at radius 1 is 1.06 bits per heavy atom. The zero-order valence-corrected chi connectivity index (χ0v) is 10.9. The Labute approximate surface area is 98.8 Å². The third-order valence-corrected chi connectivity index (χ3v) is 2.78. The van der Waals surface area contributed by atoms with E-state index in [1.165, 1.54) is 5.56 Å². The molecule has 0 saturated heterocycles. The van der Waals surface area contributed by atoms with Gasteiger partial charge in [-0.05, 0) is 37.0 Å². The molecular weight excluding hydrogens is 198 g/mol. The molecule has 90 valence electrons. The van der Waals surface area contributed by atoms with Crippen LogP contribution in [0.5, 0.6) is 5.75 Å². The highest BCUT2D eigenvalue weighted by molar-refractivity contribution is 5.31. The third-order valence-electron chi connectivity index (χ3n) is 2.78. The second-order valence-electron chi connectivity index (χ2n) is 5.46. The summed E-state index contributed by atoms with van der Waals surface area (Å²) in [5, 5.41) is 0. The fourth-order valence-electron chi connectivity index (χ4n) is 1.36. The van der Waals surface area contributed by atoms with Crippen LogP contribution in [0.1, 0.15) is 40.2 Å². The Balaban J connectivity index is 2.72. The van der Waals surface area contributed by atoms with Gasteiger partial charge in [0.05, 0.1) is 0 Å². The SMILES string of the molecule is CC(Oc1ccc(C(C)(C)C)cc1)[C@@H](C)N. The number of rotatable bonds is 3. The van der Waals surface area contributed by atoms with E-state index in [4.69, 9.17) is 10.5 Å². The lowest BCUT2D eigenvalue weighted by atomic mass is 9.87. The molecule has 0 aromatic heterocycles. The summed E-state index contributed by atoms with van der Waals surface area (Å²) in [4.78, 5) is 0. The molecule has 1 aromatic carbocycles. The van der Waals surface area contributed by atoms with Crippen molar-refractivity contribution in [1.82, 2.24) is 0 Å². The van der Waals surface area contributed by atoms with Crippen LogP contribution in [0.15, 0.2) is 24.3 Å². The largest absolute Gasteiger partial charge is 0.489 e. The van der Waals surface area contributed by atoms with Crippen molar-refractivity contribution in [1.29, 1.82) is 0 Å². The maximum atomic E-state index is 5.76. The maximum Gasteiger partial charge on any atom is 0.119 e. The monoisotopic (exact) mass is 221 g/mol. The molecule has 0 aliphatic heterocycles. The van der Waals surface area contributed by atoms with Crippen LogP contribution in [0.2, 0.25) is 0 Å². The first-order valence-electron chi connectivity index (χ1n) is 5.83. The average molecular weight is 221 g/mol. The number of benzene rings is 1. The molecule has 2 N–H and O–H groups in total. The summed E-state index contributed by atoms with van der Waals surface area (Å²) < 4.78 is 5.72. The van der Waals surface area contributed by atoms with Gasteiger partial charge in [0.1, 0.15) is 11.9 Å². The van der Waals surface area contributed by atoms with Crippen LogP contribution in [0.25, 0.3) is 0 Å². The van der Waals surface area contributed by atoms with E-state index in [1.807, 2.05) is 26.0 Å². The molecule has 0 heterocycles. The lowest BCUT2D eigenvalue weighted by Gasteiger charge is -2.21. The van der Waals surface area contributed by atoms with E-state index < -0.39 is 0 Å². The van der Waals surface area contributed by atoms with Crippen LogP contribution in [0.3, 0.4) is 0 Å². The molecule has 2 atom stereocenters. The minimum absolute atomic E-state index is 0.0421. The van der Waals surface area contributed by atoms with E-state index in [-0.39, 0.29) is 17.6 Å². The molecule has 0 bridgehead atoms. The van der Waals surface area contributed by atoms with Crippen LogP contribution in [-0.2, 0) is 5.41 Å². The molecule has 0 amide bonds. The first kappa shape index (κ1) is 13.0. The van der Waals surface area contributed by atoms with E-state index in [9.17, 15) is 0 Å². The molecule has 2 nitrogen and oxygen atoms in total. The molecule has 16 heavy (non-hydrogen) atoms. The Bertz CT molecular complexity index is 322. The second-order valence-corrected chi connectivity index (χ2v) is 5.46. The maximum absolute atomic E-state index is 5.76. The van der Waals surface area contributed by atoms with Crippen LogP contribution in [-0.4, -0.2) is 12.1 Å². The predicted molar refractivity (Wildman–Crippen MR) is 68.9 cm³/mol. The first-order valence-corrected chi connectivity index (χ1v) is 5.83. The zero-order chi connectivity index (χ0) is 12.3. The third kappa shape index (κ3) is 3.53. The van der Waals surface area contributed by atoms with Crippen molar-refractivity contribution in [2.75, 3.05) is 0 Å². The zero-order valence-electron chi connectivity index (χ0n) is 10.9. The normalized spacial score (nSPS) is 15.6. The number of hydrogen-bond acceptors (Lipinski definition) is 2. The van der Waals surface area contributed by atoms with Gasteiger partial charge in [-0.15, -0.1) is 0 Å². The summed E-state index contributed by atoms with van der Waals surface area (Å²) in [6.45, 7) is 10.5. The first-order chi connectivity index (χ1) is 7.30. The van der Waals surface area contributed by atoms with Gasteiger partial charge in [-0.2, -0.15) is 0 Å². The Morgan fingerprint density at radius 3 is 1.94 bits per heavy atom. The van der Waals surface area contributed by atoms with Gasteiger partial charge in [0.2, 0.25) is 0 Å². The number of nitrogens with two attached hydrogens (primary N) is 1. The lowest BCUT2D eigenvalue weighted by Crippen LogP contribution is -2.33. The van der Waals surface area contributed by atoms with Crippen LogP contribution >= 0.6 is 0 Å². The van der Waals surface area contributed by atoms with Crippen molar-refractivity contribution < 1.29 is 4.74 Å². The summed E-state index contributed by atoms with van der Waals surface area (Å²) >= 11 is 0. The van der Waals surface area contributed by atoms with Gasteiger partial charge in [-0.3, -0.25) is 0 Å². The Morgan fingerprint density at radius 2 is 1.56 bits per heavy atom. The van der Waals surface area contributed by atoms with E-state index >= 15 is 0 Å². The molecule has 0 fully saturated rings. The Hall–Kier alpha value is -1.02. The van der Waals surface area contributed by atoms with Crippen molar-refractivity contribution in [3.05, 3.63) is 29.8 Å². The minimum Gasteiger partial charge on any atom is -0.489 e. The highest BCUT2D eigenvalue weighted by Crippen LogP contribution is 2.24. The second kappa shape index (κ2) is 4.88. The van der Waals surface area contributed by atoms with Crippen LogP contribution in [0.4, 0.5) is 0 Å². The lowest BCUT2D eigenvalue weighted by molar-refractivity contribution is 0.196. The summed E-state index contributed by atoms with van der Waals surface area (Å²) in [5.41, 5.74) is 7.26. The van der Waals surface area contributed by atoms with Crippen LogP contribution < -0.4 is 10.5 Å². The summed E-state index contributed by atoms with van der Waals surface area (Å²) in [7, 11) is 0. The predicted octanol–water partition coefficient (Wildman–Crippen LogP) is 3.10. The molecule has 2 heteroatoms. The highest BCUT2D eigenvalue weighted by atomic mass is 16.5. The molecule has 0 radical (unpaired) electrons. The number of hydrogen-bond donors (Lipinski definition) is 1. The quantitative estimate of drug-likeness (QED) is 0.851. The summed E-state index contributed by atoms with van der Waals surface area (Å²) in [5.74, 6) is 0.887. The molecule has 1 unspecified atom stereocenters. The molecule has 1 rings (SSSR count). The Kier molecular flexibility index (Phi) is 3.98. The van der Waals surface area contributed by atoms with Gasteiger partial charge >= 0.3 is 0 Å². The van der Waals surface area contributed by atoms with Gasteiger partial charge in [0, 0.05) is 6.04 Å². The molecule has 0 saturated carbocycles. The highest BCUT2D eigenvalue weighted by Gasteiger charge is 2.14. The van der Waals surface area contributed by atoms with Gasteiger partial charge in [0.15, 0.2) is 0 Å². The van der Waals surface area contributed by atoms with Crippen molar-refractivity contribution in [3.8, 4) is 5.75 Å². The fraction of sp³-hybridized carbons (Fsp3) is 0.571. The van der Waals surface area contributed by atoms with Crippen molar-refractivity contribution >= 4 is 0 Å². The van der Waals surface area contributed by atoms with Gasteiger partial charge in [-0.25, -0.2) is 0 Å². The standard InChI is InChI=1S/C14H23NO/c1-10(15)11(2)16-13-8-6-12(7-9-13)14(3,4)5/h6-11H,15H2,1-5H3/t10-,11?/m1/s1. The summed E-state index contributed by atoms with van der Waals surface area (Å²) in [6, 6.07) is 8.30. The molecule has 0 aliphatic carbocycles. The molecule has 0 aliphatic rings. The molecule has 1 aromatic rings. The van der Waals surface area contributed by atoms with E-state index in [0.717, 1.165) is 5.75 Å². The topological polar surface area (TPSA) is 35.2 Å². The van der Waals surface area contributed by atoms with E-state index in [1.54, 1.807) is 0 Å². The van der Waals surface area contributed by atoms with Gasteiger partial charge in [0.25, 0.3) is 0 Å². The summed E-state index contributed by atoms with van der Waals surface area (Å²) in [6.07, 6.45) is 0.0421. The van der Waals surface area contributed by atoms with Crippen molar-refractivity contribution in [3.63, 3.8) is 0 Å². The number of ether oxygens (including phenoxy) is 1. The average Bonchev–Trinajstić information content (AvgIpc) is 2.17. The van der Waals surface area contributed by atoms with Crippen molar-refractivity contribution in [2.45, 2.75) is 52.2 Å². The molecule has 0 spiro atoms. The van der Waals surface area contributed by atoms with Gasteiger partial charge in [-0.1, -0.05) is 32.9 Å². The molecular formula is C14H23NO. The van der Waals surface area contributed by atoms with Crippen LogP contribution in [0, 0.1) is 0 Å². The fourth-order valence-corrected chi connectivity index (χ4v) is 1.36.